The van der Waals surface area contributed by atoms with E-state index in [-0.39, 0.29) is 17.1 Å². The van der Waals surface area contributed by atoms with Gasteiger partial charge in [-0.3, -0.25) is 4.79 Å². The highest BCUT2D eigenvalue weighted by atomic mass is 16.3. The largest absolute Gasteiger partial charge is 0.508 e. The van der Waals surface area contributed by atoms with Gasteiger partial charge in [0.05, 0.1) is 5.69 Å². The average molecular weight is 478 g/mol. The van der Waals surface area contributed by atoms with Gasteiger partial charge in [-0.25, -0.2) is 9.97 Å². The number of aromatic hydroxyl groups is 1. The van der Waals surface area contributed by atoms with Crippen LogP contribution in [0.1, 0.15) is 36.7 Å². The molecular weight excluding hydrogens is 450 g/mol. The quantitative estimate of drug-likeness (QED) is 0.255. The lowest BCUT2D eigenvalue weighted by Gasteiger charge is -2.19. The highest BCUT2D eigenvalue weighted by molar-refractivity contribution is 6.04. The summed E-state index contributed by atoms with van der Waals surface area (Å²) in [5, 5.41) is 15.8. The van der Waals surface area contributed by atoms with Crippen LogP contribution in [-0.4, -0.2) is 25.4 Å². The van der Waals surface area contributed by atoms with Gasteiger partial charge in [0.25, 0.3) is 5.91 Å². The van der Waals surface area contributed by atoms with Crippen molar-refractivity contribution in [1.29, 1.82) is 0 Å². The number of anilines is 3. The number of benzene rings is 3. The summed E-state index contributed by atoms with van der Waals surface area (Å²) in [5.41, 5.74) is 5.51. The van der Waals surface area contributed by atoms with Gasteiger partial charge in [-0.15, -0.1) is 0 Å². The second kappa shape index (κ2) is 9.19. The lowest BCUT2D eigenvalue weighted by atomic mass is 9.87. The third kappa shape index (κ3) is 4.90. The maximum atomic E-state index is 12.9. The number of carbonyl (C=O) groups is 1. The Morgan fingerprint density at radius 2 is 1.69 bits per heavy atom. The number of fused-ring (bicyclic) bond motifs is 1. The summed E-state index contributed by atoms with van der Waals surface area (Å²) in [6, 6.07) is 22.1. The fraction of sp³-hybridized carbons (Fsp3) is 0.138. The zero-order chi connectivity index (χ0) is 25.3. The lowest BCUT2D eigenvalue weighted by Crippen LogP contribution is -2.14. The van der Waals surface area contributed by atoms with E-state index in [0.717, 1.165) is 11.3 Å². The van der Waals surface area contributed by atoms with Crippen LogP contribution < -0.4 is 10.6 Å². The maximum absolute atomic E-state index is 12.9. The lowest BCUT2D eigenvalue weighted by molar-refractivity contribution is 0.102. The van der Waals surface area contributed by atoms with E-state index in [2.05, 4.69) is 36.4 Å². The number of hydrogen-bond donors (Lipinski definition) is 3. The summed E-state index contributed by atoms with van der Waals surface area (Å²) in [6.07, 6.45) is 5.47. The minimum atomic E-state index is -0.166. The molecule has 5 rings (SSSR count). The SMILES string of the molecule is CC(C)(C)c1ccc(C(=O)Nc2cccc(-c3cn4ccnc4c(Nc4ccc(O)cc4)n3)c2)cc1. The van der Waals surface area contributed by atoms with Gasteiger partial charge < -0.3 is 20.1 Å². The van der Waals surface area contributed by atoms with Crippen molar-refractivity contribution in [2.75, 3.05) is 10.6 Å². The first kappa shape index (κ1) is 23.1. The van der Waals surface area contributed by atoms with Crippen molar-refractivity contribution in [2.45, 2.75) is 26.2 Å². The zero-order valence-electron chi connectivity index (χ0n) is 20.4. The third-order valence-electron chi connectivity index (χ3n) is 5.93. The molecule has 180 valence electrons. The molecule has 0 fully saturated rings. The van der Waals surface area contributed by atoms with Gasteiger partial charge in [0, 0.05) is 41.1 Å². The van der Waals surface area contributed by atoms with Crippen molar-refractivity contribution < 1.29 is 9.90 Å². The molecule has 0 aliphatic carbocycles. The Morgan fingerprint density at radius 1 is 0.944 bits per heavy atom. The summed E-state index contributed by atoms with van der Waals surface area (Å²) in [4.78, 5) is 22.1. The molecule has 0 unspecified atom stereocenters. The number of aromatic nitrogens is 3. The Balaban J connectivity index is 1.41. The van der Waals surface area contributed by atoms with Crippen LogP contribution in [0.2, 0.25) is 0 Å². The number of amides is 1. The number of nitrogens with one attached hydrogen (secondary N) is 2. The Hall–Kier alpha value is -4.65. The molecule has 7 heteroatoms. The first-order valence-electron chi connectivity index (χ1n) is 11.7. The van der Waals surface area contributed by atoms with Gasteiger partial charge in [-0.1, -0.05) is 45.0 Å². The summed E-state index contributed by atoms with van der Waals surface area (Å²) in [5.74, 6) is 0.606. The molecule has 0 aliphatic heterocycles. The molecule has 0 saturated heterocycles. The second-order valence-corrected chi connectivity index (χ2v) is 9.67. The molecule has 36 heavy (non-hydrogen) atoms. The fourth-order valence-corrected chi connectivity index (χ4v) is 3.92. The predicted octanol–water partition coefficient (Wildman–Crippen LogP) is 6.40. The topological polar surface area (TPSA) is 91.6 Å². The van der Waals surface area contributed by atoms with Crippen LogP contribution in [0, 0.1) is 0 Å². The van der Waals surface area contributed by atoms with E-state index in [1.54, 1.807) is 30.5 Å². The van der Waals surface area contributed by atoms with Gasteiger partial charge in [0.1, 0.15) is 5.75 Å². The number of rotatable bonds is 5. The molecule has 0 bridgehead atoms. The molecular formula is C29H27N5O2. The highest BCUT2D eigenvalue weighted by Gasteiger charge is 2.15. The van der Waals surface area contributed by atoms with Crippen LogP contribution in [0.25, 0.3) is 16.9 Å². The highest BCUT2D eigenvalue weighted by Crippen LogP contribution is 2.27. The Kier molecular flexibility index (Phi) is 5.90. The smallest absolute Gasteiger partial charge is 0.255 e. The van der Waals surface area contributed by atoms with E-state index in [1.807, 2.05) is 65.3 Å². The molecule has 0 atom stereocenters. The van der Waals surface area contributed by atoms with Crippen molar-refractivity contribution in [3.8, 4) is 17.0 Å². The molecule has 0 saturated carbocycles. The van der Waals surface area contributed by atoms with E-state index < -0.39 is 0 Å². The van der Waals surface area contributed by atoms with Gasteiger partial charge in [0.2, 0.25) is 0 Å². The fourth-order valence-electron chi connectivity index (χ4n) is 3.92. The van der Waals surface area contributed by atoms with E-state index in [1.165, 1.54) is 5.56 Å². The summed E-state index contributed by atoms with van der Waals surface area (Å²) < 4.78 is 1.90. The molecule has 0 radical (unpaired) electrons. The van der Waals surface area contributed by atoms with Crippen LogP contribution in [0.15, 0.2) is 91.4 Å². The molecule has 3 N–H and O–H groups in total. The average Bonchev–Trinajstić information content (AvgIpc) is 3.34. The van der Waals surface area contributed by atoms with E-state index in [9.17, 15) is 9.90 Å². The van der Waals surface area contributed by atoms with Crippen LogP contribution in [0.3, 0.4) is 0 Å². The van der Waals surface area contributed by atoms with Crippen molar-refractivity contribution in [1.82, 2.24) is 14.4 Å². The summed E-state index contributed by atoms with van der Waals surface area (Å²) >= 11 is 0. The number of carbonyl (C=O) groups excluding carboxylic acids is 1. The number of hydrogen-bond acceptors (Lipinski definition) is 5. The Labute approximate surface area is 209 Å². The van der Waals surface area contributed by atoms with E-state index in [0.29, 0.717) is 28.4 Å². The van der Waals surface area contributed by atoms with Gasteiger partial charge in [0.15, 0.2) is 11.5 Å². The zero-order valence-corrected chi connectivity index (χ0v) is 20.4. The molecule has 0 aliphatic rings. The normalized spacial score (nSPS) is 11.4. The van der Waals surface area contributed by atoms with Crippen LogP contribution in [-0.2, 0) is 5.41 Å². The van der Waals surface area contributed by atoms with Crippen molar-refractivity contribution in [3.05, 3.63) is 103 Å². The van der Waals surface area contributed by atoms with Gasteiger partial charge in [-0.2, -0.15) is 0 Å². The minimum Gasteiger partial charge on any atom is -0.508 e. The molecule has 1 amide bonds. The van der Waals surface area contributed by atoms with Crippen LogP contribution >= 0.6 is 0 Å². The molecule has 0 spiro atoms. The third-order valence-corrected chi connectivity index (χ3v) is 5.93. The van der Waals surface area contributed by atoms with E-state index in [4.69, 9.17) is 4.98 Å². The van der Waals surface area contributed by atoms with Crippen LogP contribution in [0.4, 0.5) is 17.2 Å². The molecule has 5 aromatic rings. The molecule has 2 heterocycles. The number of phenols is 1. The first-order valence-corrected chi connectivity index (χ1v) is 11.7. The Bertz CT molecular complexity index is 1530. The minimum absolute atomic E-state index is 0.0304. The number of imidazole rings is 1. The maximum Gasteiger partial charge on any atom is 0.255 e. The van der Waals surface area contributed by atoms with Crippen LogP contribution in [0.5, 0.6) is 5.75 Å². The predicted molar refractivity (Wildman–Crippen MR) is 143 cm³/mol. The van der Waals surface area contributed by atoms with Gasteiger partial charge >= 0.3 is 0 Å². The van der Waals surface area contributed by atoms with Crippen molar-refractivity contribution in [3.63, 3.8) is 0 Å². The molecule has 7 nitrogen and oxygen atoms in total. The molecule has 3 aromatic carbocycles. The summed E-state index contributed by atoms with van der Waals surface area (Å²) in [6.45, 7) is 6.44. The standard InChI is InChI=1S/C29H27N5O2/c1-29(2,3)21-9-7-19(8-10-21)28(36)32-23-6-4-5-20(17-23)25-18-34-16-15-30-27(34)26(33-25)31-22-11-13-24(35)14-12-22/h4-18,35H,1-3H3,(H,31,33)(H,32,36). The Morgan fingerprint density at radius 3 is 2.42 bits per heavy atom. The van der Waals surface area contributed by atoms with E-state index >= 15 is 0 Å². The number of phenolic OH excluding ortho intramolecular Hbond substituents is 1. The number of nitrogens with zero attached hydrogens (tertiary/aromatic N) is 3. The second-order valence-electron chi connectivity index (χ2n) is 9.67. The molecule has 2 aromatic heterocycles. The van der Waals surface area contributed by atoms with Crippen molar-refractivity contribution >= 4 is 28.7 Å². The van der Waals surface area contributed by atoms with Crippen molar-refractivity contribution in [2.24, 2.45) is 0 Å². The first-order chi connectivity index (χ1) is 17.3. The van der Waals surface area contributed by atoms with Gasteiger partial charge in [-0.05, 0) is 59.5 Å². The summed E-state index contributed by atoms with van der Waals surface area (Å²) in [7, 11) is 0. The monoisotopic (exact) mass is 477 g/mol.